The van der Waals surface area contributed by atoms with Gasteiger partial charge in [-0.05, 0) is 50.2 Å². The van der Waals surface area contributed by atoms with Gasteiger partial charge in [0.2, 0.25) is 21.8 Å². The molecule has 3 N–H and O–H groups in total. The molecule has 3 rings (SSSR count). The number of hydrogen-bond donors (Lipinski definition) is 3. The van der Waals surface area contributed by atoms with Crippen molar-refractivity contribution in [2.45, 2.75) is 27.3 Å². The number of amides is 2. The third-order valence-corrected chi connectivity index (χ3v) is 5.87. The third kappa shape index (κ3) is 5.73. The highest BCUT2D eigenvalue weighted by atomic mass is 32.2. The number of sulfonamides is 1. The molecule has 9 nitrogen and oxygen atoms in total. The Labute approximate surface area is 186 Å². The Balaban J connectivity index is 1.73. The highest BCUT2D eigenvalue weighted by molar-refractivity contribution is 7.92. The Kier molecular flexibility index (Phi) is 6.94. The van der Waals surface area contributed by atoms with Crippen molar-refractivity contribution < 1.29 is 22.4 Å². The molecule has 2 aromatic carbocycles. The van der Waals surface area contributed by atoms with E-state index in [1.165, 1.54) is 6.92 Å². The van der Waals surface area contributed by atoms with Crippen molar-refractivity contribution in [3.05, 3.63) is 65.5 Å². The molecule has 0 fully saturated rings. The summed E-state index contributed by atoms with van der Waals surface area (Å²) < 4.78 is 32.2. The van der Waals surface area contributed by atoms with Crippen molar-refractivity contribution in [2.75, 3.05) is 15.8 Å². The smallest absolute Gasteiger partial charge is 0.251 e. The first-order chi connectivity index (χ1) is 15.2. The van der Waals surface area contributed by atoms with E-state index in [1.54, 1.807) is 62.4 Å². The molecule has 168 valence electrons. The molecular formula is C22H24N4O5S. The van der Waals surface area contributed by atoms with Gasteiger partial charge in [0.05, 0.1) is 23.5 Å². The molecule has 0 saturated carbocycles. The number of anilines is 2. The van der Waals surface area contributed by atoms with E-state index >= 15 is 0 Å². The highest BCUT2D eigenvalue weighted by Crippen LogP contribution is 2.29. The topological polar surface area (TPSA) is 130 Å². The zero-order chi connectivity index (χ0) is 23.3. The van der Waals surface area contributed by atoms with Crippen molar-refractivity contribution >= 4 is 33.2 Å². The number of carbonyl (C=O) groups excluding carboxylic acids is 2. The lowest BCUT2D eigenvalue weighted by atomic mass is 10.2. The van der Waals surface area contributed by atoms with E-state index < -0.39 is 10.0 Å². The van der Waals surface area contributed by atoms with E-state index in [9.17, 15) is 18.0 Å². The van der Waals surface area contributed by atoms with Crippen molar-refractivity contribution in [3.63, 3.8) is 0 Å². The van der Waals surface area contributed by atoms with Gasteiger partial charge in [-0.2, -0.15) is 0 Å². The van der Waals surface area contributed by atoms with Crippen LogP contribution in [-0.4, -0.2) is 31.0 Å². The molecule has 0 aliphatic carbocycles. The van der Waals surface area contributed by atoms with Crippen molar-refractivity contribution in [1.29, 1.82) is 0 Å². The van der Waals surface area contributed by atoms with Crippen LogP contribution in [0.1, 0.15) is 35.7 Å². The quantitative estimate of drug-likeness (QED) is 0.477. The first-order valence-electron chi connectivity index (χ1n) is 9.90. The summed E-state index contributed by atoms with van der Waals surface area (Å²) >= 11 is 0. The number of nitrogens with zero attached hydrogens (tertiary/aromatic N) is 1. The molecule has 3 aromatic rings. The standard InChI is InChI=1S/C22H24N4O5S/c1-4-32(29,30)26-19-8-6-5-7-18(19)22-25-20(14(2)31-22)13-23-21(28)16-9-11-17(12-10-16)24-15(3)27/h5-12,26H,4,13H2,1-3H3,(H,23,28)(H,24,27). The molecule has 0 radical (unpaired) electrons. The fourth-order valence-corrected chi connectivity index (χ4v) is 3.54. The second kappa shape index (κ2) is 9.65. The van der Waals surface area contributed by atoms with Crippen LogP contribution in [0, 0.1) is 6.92 Å². The van der Waals surface area contributed by atoms with Gasteiger partial charge in [0.1, 0.15) is 11.5 Å². The number of aromatic nitrogens is 1. The first kappa shape index (κ1) is 23.0. The van der Waals surface area contributed by atoms with Gasteiger partial charge in [0.15, 0.2) is 0 Å². The predicted molar refractivity (Wildman–Crippen MR) is 122 cm³/mol. The van der Waals surface area contributed by atoms with Gasteiger partial charge < -0.3 is 15.1 Å². The van der Waals surface area contributed by atoms with Crippen LogP contribution < -0.4 is 15.4 Å². The van der Waals surface area contributed by atoms with Crippen LogP contribution in [0.15, 0.2) is 52.9 Å². The maximum absolute atomic E-state index is 12.4. The molecule has 0 aliphatic heterocycles. The Morgan fingerprint density at radius 2 is 1.75 bits per heavy atom. The third-order valence-electron chi connectivity index (χ3n) is 4.58. The summed E-state index contributed by atoms with van der Waals surface area (Å²) in [5.74, 6) is 0.202. The number of benzene rings is 2. The van der Waals surface area contributed by atoms with Gasteiger partial charge in [-0.15, -0.1) is 0 Å². The summed E-state index contributed by atoms with van der Waals surface area (Å²) in [6.07, 6.45) is 0. The summed E-state index contributed by atoms with van der Waals surface area (Å²) in [6, 6.07) is 13.3. The maximum Gasteiger partial charge on any atom is 0.251 e. The van der Waals surface area contributed by atoms with Gasteiger partial charge in [0, 0.05) is 18.2 Å². The van der Waals surface area contributed by atoms with Crippen molar-refractivity contribution in [1.82, 2.24) is 10.3 Å². The fourth-order valence-electron chi connectivity index (χ4n) is 2.88. The Morgan fingerprint density at radius 3 is 2.41 bits per heavy atom. The number of para-hydroxylation sites is 1. The lowest BCUT2D eigenvalue weighted by Crippen LogP contribution is -2.23. The van der Waals surface area contributed by atoms with E-state index in [1.807, 2.05) is 0 Å². The second-order valence-electron chi connectivity index (χ2n) is 7.01. The molecule has 0 bridgehead atoms. The largest absolute Gasteiger partial charge is 0.441 e. The molecule has 0 spiro atoms. The molecule has 0 saturated heterocycles. The fraction of sp³-hybridized carbons (Fsp3) is 0.227. The molecule has 10 heteroatoms. The van der Waals surface area contributed by atoms with E-state index in [4.69, 9.17) is 4.42 Å². The molecule has 32 heavy (non-hydrogen) atoms. The number of oxazole rings is 1. The summed E-state index contributed by atoms with van der Waals surface area (Å²) in [4.78, 5) is 28.0. The average molecular weight is 457 g/mol. The zero-order valence-corrected chi connectivity index (χ0v) is 18.7. The molecule has 0 atom stereocenters. The van der Waals surface area contributed by atoms with Gasteiger partial charge >= 0.3 is 0 Å². The number of hydrogen-bond acceptors (Lipinski definition) is 6. The monoisotopic (exact) mass is 456 g/mol. The summed E-state index contributed by atoms with van der Waals surface area (Å²) in [5, 5.41) is 5.42. The van der Waals surface area contributed by atoms with Crippen LogP contribution in [0.3, 0.4) is 0 Å². The van der Waals surface area contributed by atoms with E-state index in [0.717, 1.165) is 0 Å². The van der Waals surface area contributed by atoms with E-state index in [-0.39, 0.29) is 30.0 Å². The normalized spacial score (nSPS) is 11.1. The first-order valence-corrected chi connectivity index (χ1v) is 11.6. The second-order valence-corrected chi connectivity index (χ2v) is 9.03. The summed E-state index contributed by atoms with van der Waals surface area (Å²) in [7, 11) is -3.47. The minimum Gasteiger partial charge on any atom is -0.441 e. The minimum absolute atomic E-state index is 0.0605. The Morgan fingerprint density at radius 1 is 1.06 bits per heavy atom. The lowest BCUT2D eigenvalue weighted by molar-refractivity contribution is -0.114. The highest BCUT2D eigenvalue weighted by Gasteiger charge is 2.18. The number of carbonyl (C=O) groups is 2. The number of nitrogens with one attached hydrogen (secondary N) is 3. The van der Waals surface area contributed by atoms with E-state index in [0.29, 0.717) is 34.0 Å². The summed E-state index contributed by atoms with van der Waals surface area (Å²) in [6.45, 7) is 4.81. The molecule has 1 aromatic heterocycles. The molecular weight excluding hydrogens is 432 g/mol. The van der Waals surface area contributed by atoms with Crippen LogP contribution >= 0.6 is 0 Å². The number of rotatable bonds is 8. The van der Waals surface area contributed by atoms with Gasteiger partial charge in [0.25, 0.3) is 5.91 Å². The average Bonchev–Trinajstić information content (AvgIpc) is 3.12. The van der Waals surface area contributed by atoms with Gasteiger partial charge in [-0.1, -0.05) is 12.1 Å². The van der Waals surface area contributed by atoms with Crippen LogP contribution in [-0.2, 0) is 21.4 Å². The zero-order valence-electron chi connectivity index (χ0n) is 17.9. The van der Waals surface area contributed by atoms with Crippen LogP contribution in [0.2, 0.25) is 0 Å². The van der Waals surface area contributed by atoms with Crippen molar-refractivity contribution in [3.8, 4) is 11.5 Å². The molecule has 1 heterocycles. The Bertz CT molecular complexity index is 1230. The maximum atomic E-state index is 12.4. The SMILES string of the molecule is CCS(=O)(=O)Nc1ccccc1-c1nc(CNC(=O)c2ccc(NC(C)=O)cc2)c(C)o1. The number of aryl methyl sites for hydroxylation is 1. The van der Waals surface area contributed by atoms with Gasteiger partial charge in [-0.3, -0.25) is 14.3 Å². The van der Waals surface area contributed by atoms with Crippen LogP contribution in [0.4, 0.5) is 11.4 Å². The van der Waals surface area contributed by atoms with E-state index in [2.05, 4.69) is 20.3 Å². The predicted octanol–water partition coefficient (Wildman–Crippen LogP) is 3.30. The lowest BCUT2D eigenvalue weighted by Gasteiger charge is -2.09. The molecule has 2 amide bonds. The Hall–Kier alpha value is -3.66. The van der Waals surface area contributed by atoms with Crippen molar-refractivity contribution in [2.24, 2.45) is 0 Å². The minimum atomic E-state index is -3.47. The van der Waals surface area contributed by atoms with Crippen LogP contribution in [0.5, 0.6) is 0 Å². The van der Waals surface area contributed by atoms with Crippen LogP contribution in [0.25, 0.3) is 11.5 Å². The molecule has 0 aliphatic rings. The summed E-state index contributed by atoms with van der Waals surface area (Å²) in [5.41, 5.74) is 2.42. The molecule has 0 unspecified atom stereocenters. The van der Waals surface area contributed by atoms with Gasteiger partial charge in [-0.25, -0.2) is 13.4 Å².